The Labute approximate surface area is 290 Å². The van der Waals surface area contributed by atoms with Crippen LogP contribution in [0.5, 0.6) is 0 Å². The summed E-state index contributed by atoms with van der Waals surface area (Å²) in [6.45, 7) is 0. The standard InChI is InChI=1S/C45H25N3O3/c1-2-10-26(11-3-1)43-46-44(27-21-23-39-36(24-27)30-13-5-6-18-37(30)49-39)48-45(47-43)28-20-22-31-33-15-9-17-35(42(33)51-40(31)25-28)34-16-8-14-32-29-12-4-7-19-38(29)50-41(32)34/h1-25H. The number of nitrogens with zero attached hydrogens (tertiary/aromatic N) is 3. The van der Waals surface area contributed by atoms with E-state index in [0.717, 1.165) is 93.6 Å². The molecule has 11 aromatic rings. The topological polar surface area (TPSA) is 78.1 Å². The van der Waals surface area contributed by atoms with Crippen LogP contribution in [0.1, 0.15) is 0 Å². The number of aromatic nitrogens is 3. The zero-order valence-electron chi connectivity index (χ0n) is 27.0. The molecule has 0 atom stereocenters. The fraction of sp³-hybridized carbons (Fsp3) is 0. The fourth-order valence-electron chi connectivity index (χ4n) is 7.32. The molecular formula is C45H25N3O3. The number of fused-ring (bicyclic) bond motifs is 9. The maximum Gasteiger partial charge on any atom is 0.164 e. The zero-order chi connectivity index (χ0) is 33.5. The monoisotopic (exact) mass is 655 g/mol. The van der Waals surface area contributed by atoms with Gasteiger partial charge in [-0.1, -0.05) is 109 Å². The van der Waals surface area contributed by atoms with Crippen LogP contribution in [0.2, 0.25) is 0 Å². The van der Waals surface area contributed by atoms with Crippen molar-refractivity contribution in [2.75, 3.05) is 0 Å². The lowest BCUT2D eigenvalue weighted by Gasteiger charge is -2.08. The summed E-state index contributed by atoms with van der Waals surface area (Å²) < 4.78 is 19.2. The van der Waals surface area contributed by atoms with Crippen LogP contribution in [-0.2, 0) is 0 Å². The summed E-state index contributed by atoms with van der Waals surface area (Å²) in [6.07, 6.45) is 0. The first-order valence-corrected chi connectivity index (χ1v) is 16.8. The van der Waals surface area contributed by atoms with Crippen molar-refractivity contribution < 1.29 is 13.3 Å². The van der Waals surface area contributed by atoms with Crippen molar-refractivity contribution in [3.63, 3.8) is 0 Å². The predicted octanol–water partition coefficient (Wildman–Crippen LogP) is 12.2. The smallest absolute Gasteiger partial charge is 0.164 e. The van der Waals surface area contributed by atoms with Crippen molar-refractivity contribution in [2.45, 2.75) is 0 Å². The van der Waals surface area contributed by atoms with E-state index in [2.05, 4.69) is 66.7 Å². The molecule has 0 saturated carbocycles. The van der Waals surface area contributed by atoms with E-state index in [4.69, 9.17) is 28.2 Å². The summed E-state index contributed by atoms with van der Waals surface area (Å²) in [7, 11) is 0. The summed E-state index contributed by atoms with van der Waals surface area (Å²) in [6, 6.07) is 51.1. The molecule has 0 aliphatic rings. The maximum absolute atomic E-state index is 6.71. The zero-order valence-corrected chi connectivity index (χ0v) is 27.0. The Hall–Kier alpha value is -7.05. The average Bonchev–Trinajstić information content (AvgIpc) is 3.89. The van der Waals surface area contributed by atoms with E-state index in [-0.39, 0.29) is 0 Å². The van der Waals surface area contributed by atoms with Gasteiger partial charge in [-0.05, 0) is 42.5 Å². The second kappa shape index (κ2) is 10.7. The van der Waals surface area contributed by atoms with Crippen LogP contribution in [0.15, 0.2) is 165 Å². The van der Waals surface area contributed by atoms with E-state index in [0.29, 0.717) is 17.5 Å². The Bertz CT molecular complexity index is 3150. The van der Waals surface area contributed by atoms with E-state index in [1.807, 2.05) is 84.9 Å². The third kappa shape index (κ3) is 4.33. The molecule has 0 N–H and O–H groups in total. The number of hydrogen-bond donors (Lipinski definition) is 0. The van der Waals surface area contributed by atoms with Gasteiger partial charge in [-0.15, -0.1) is 0 Å². The summed E-state index contributed by atoms with van der Waals surface area (Å²) in [5, 5.41) is 6.30. The highest BCUT2D eigenvalue weighted by molar-refractivity contribution is 6.15. The van der Waals surface area contributed by atoms with Crippen molar-refractivity contribution >= 4 is 65.8 Å². The predicted molar refractivity (Wildman–Crippen MR) is 203 cm³/mol. The second-order valence-electron chi connectivity index (χ2n) is 12.8. The first-order valence-electron chi connectivity index (χ1n) is 16.8. The molecule has 4 aromatic heterocycles. The van der Waals surface area contributed by atoms with Gasteiger partial charge in [-0.2, -0.15) is 0 Å². The highest BCUT2D eigenvalue weighted by Crippen LogP contribution is 2.42. The molecule has 0 amide bonds. The Morgan fingerprint density at radius 3 is 1.49 bits per heavy atom. The lowest BCUT2D eigenvalue weighted by atomic mass is 10.00. The van der Waals surface area contributed by atoms with Gasteiger partial charge >= 0.3 is 0 Å². The summed E-state index contributed by atoms with van der Waals surface area (Å²) in [4.78, 5) is 15.0. The Kier molecular flexibility index (Phi) is 5.86. The fourth-order valence-corrected chi connectivity index (χ4v) is 7.32. The number of benzene rings is 7. The number of para-hydroxylation sites is 4. The Balaban J connectivity index is 1.08. The molecule has 6 nitrogen and oxygen atoms in total. The van der Waals surface area contributed by atoms with Gasteiger partial charge in [0.25, 0.3) is 0 Å². The molecule has 0 aliphatic carbocycles. The van der Waals surface area contributed by atoms with E-state index in [1.54, 1.807) is 0 Å². The van der Waals surface area contributed by atoms with E-state index in [1.165, 1.54) is 0 Å². The third-order valence-electron chi connectivity index (χ3n) is 9.75. The molecule has 238 valence electrons. The SMILES string of the molecule is c1ccc(-c2nc(-c3ccc4c(c3)oc3c(-c5cccc6c5oc5ccccc56)cccc34)nc(-c3ccc4oc5ccccc5c4c3)n2)cc1. The quantitative estimate of drug-likeness (QED) is 0.188. The molecule has 51 heavy (non-hydrogen) atoms. The summed E-state index contributed by atoms with van der Waals surface area (Å²) in [5.41, 5.74) is 9.53. The van der Waals surface area contributed by atoms with Crippen LogP contribution in [-0.4, -0.2) is 15.0 Å². The van der Waals surface area contributed by atoms with Crippen molar-refractivity contribution in [1.29, 1.82) is 0 Å². The van der Waals surface area contributed by atoms with Crippen molar-refractivity contribution in [2.24, 2.45) is 0 Å². The highest BCUT2D eigenvalue weighted by atomic mass is 16.3. The Morgan fingerprint density at radius 1 is 0.294 bits per heavy atom. The van der Waals surface area contributed by atoms with Crippen molar-refractivity contribution in [1.82, 2.24) is 15.0 Å². The first-order chi connectivity index (χ1) is 25.2. The van der Waals surface area contributed by atoms with Gasteiger partial charge in [-0.25, -0.2) is 15.0 Å². The number of rotatable bonds is 4. The minimum Gasteiger partial charge on any atom is -0.456 e. The van der Waals surface area contributed by atoms with Gasteiger partial charge in [0.15, 0.2) is 17.5 Å². The van der Waals surface area contributed by atoms with E-state index >= 15 is 0 Å². The molecule has 0 unspecified atom stereocenters. The number of furan rings is 3. The van der Waals surface area contributed by atoms with Gasteiger partial charge in [0, 0.05) is 60.1 Å². The van der Waals surface area contributed by atoms with Gasteiger partial charge < -0.3 is 13.3 Å². The molecule has 4 heterocycles. The molecule has 0 saturated heterocycles. The van der Waals surface area contributed by atoms with Gasteiger partial charge in [0.05, 0.1) is 0 Å². The number of hydrogen-bond acceptors (Lipinski definition) is 6. The molecule has 0 radical (unpaired) electrons. The molecule has 0 fully saturated rings. The van der Waals surface area contributed by atoms with Gasteiger partial charge in [0.1, 0.15) is 33.5 Å². The first kappa shape index (κ1) is 27.9. The van der Waals surface area contributed by atoms with Crippen molar-refractivity contribution in [3.05, 3.63) is 152 Å². The largest absolute Gasteiger partial charge is 0.456 e. The lowest BCUT2D eigenvalue weighted by Crippen LogP contribution is -2.00. The lowest BCUT2D eigenvalue weighted by molar-refractivity contribution is 0.665. The minimum atomic E-state index is 0.561. The molecule has 7 aromatic carbocycles. The van der Waals surface area contributed by atoms with Crippen molar-refractivity contribution in [3.8, 4) is 45.3 Å². The molecule has 11 rings (SSSR count). The Morgan fingerprint density at radius 2 is 0.784 bits per heavy atom. The van der Waals surface area contributed by atoms with E-state index in [9.17, 15) is 0 Å². The van der Waals surface area contributed by atoms with Crippen LogP contribution in [0.25, 0.3) is 111 Å². The van der Waals surface area contributed by atoms with Gasteiger partial charge in [0.2, 0.25) is 0 Å². The van der Waals surface area contributed by atoms with Gasteiger partial charge in [-0.3, -0.25) is 0 Å². The molecule has 0 bridgehead atoms. The molecule has 6 heteroatoms. The summed E-state index contributed by atoms with van der Waals surface area (Å²) >= 11 is 0. The van der Waals surface area contributed by atoms with Crippen LogP contribution < -0.4 is 0 Å². The van der Waals surface area contributed by atoms with Crippen LogP contribution in [0, 0.1) is 0 Å². The summed E-state index contributed by atoms with van der Waals surface area (Å²) in [5.74, 6) is 1.74. The molecule has 0 aliphatic heterocycles. The maximum atomic E-state index is 6.71. The average molecular weight is 656 g/mol. The highest BCUT2D eigenvalue weighted by Gasteiger charge is 2.19. The third-order valence-corrected chi connectivity index (χ3v) is 9.75. The molecular weight excluding hydrogens is 631 g/mol. The van der Waals surface area contributed by atoms with Crippen LogP contribution in [0.3, 0.4) is 0 Å². The van der Waals surface area contributed by atoms with Crippen LogP contribution in [0.4, 0.5) is 0 Å². The minimum absolute atomic E-state index is 0.561. The van der Waals surface area contributed by atoms with Crippen LogP contribution >= 0.6 is 0 Å². The second-order valence-corrected chi connectivity index (χ2v) is 12.8. The normalized spacial score (nSPS) is 11.9. The van der Waals surface area contributed by atoms with E-state index < -0.39 is 0 Å². The molecule has 0 spiro atoms.